The van der Waals surface area contributed by atoms with E-state index in [4.69, 9.17) is 5.84 Å². The maximum Gasteiger partial charge on any atom is 0.265 e. The maximum absolute atomic E-state index is 13.3. The minimum Gasteiger partial charge on any atom is -0.297 e. The summed E-state index contributed by atoms with van der Waals surface area (Å²) in [7, 11) is -3.71. The Hall–Kier alpha value is -2.56. The van der Waals surface area contributed by atoms with Crippen LogP contribution < -0.4 is 15.6 Å². The van der Waals surface area contributed by atoms with Gasteiger partial charge in [-0.05, 0) is 42.8 Å². The fourth-order valence-electron chi connectivity index (χ4n) is 3.53. The van der Waals surface area contributed by atoms with E-state index in [1.165, 1.54) is 4.31 Å². The number of rotatable bonds is 9. The second kappa shape index (κ2) is 9.71. The molecule has 0 unspecified atom stereocenters. The lowest BCUT2D eigenvalue weighted by molar-refractivity contribution is 0.0123. The van der Waals surface area contributed by atoms with Crippen LogP contribution in [0.2, 0.25) is 0 Å². The molecule has 0 saturated carbocycles. The Bertz CT molecular complexity index is 985. The standard InChI is InChI=1S/C21H26F2N4O3S/c22-21(23)11-13-26(16-21)12-4-14-31(29,30)27(19-5-2-1-3-6-19)15-17-7-9-18(10-8-17)20(28)25-24/h1-3,5-10H,4,11-16,24H2,(H,25,28). The zero-order chi connectivity index (χ0) is 22.5. The van der Waals surface area contributed by atoms with Crippen molar-refractivity contribution in [3.05, 3.63) is 65.7 Å². The van der Waals surface area contributed by atoms with Crippen molar-refractivity contribution in [2.75, 3.05) is 29.7 Å². The monoisotopic (exact) mass is 452 g/mol. The summed E-state index contributed by atoms with van der Waals surface area (Å²) < 4.78 is 54.3. The zero-order valence-corrected chi connectivity index (χ0v) is 17.8. The first kappa shape index (κ1) is 23.1. The number of para-hydroxylation sites is 1. The second-order valence-corrected chi connectivity index (χ2v) is 9.58. The molecule has 2 aromatic rings. The smallest absolute Gasteiger partial charge is 0.265 e. The number of nitrogens with two attached hydrogens (primary N) is 1. The molecule has 0 radical (unpaired) electrons. The Morgan fingerprint density at radius 1 is 1.13 bits per heavy atom. The number of nitrogens with zero attached hydrogens (tertiary/aromatic N) is 2. The predicted molar refractivity (Wildman–Crippen MR) is 115 cm³/mol. The number of amides is 1. The number of alkyl halides is 2. The zero-order valence-electron chi connectivity index (χ0n) is 17.0. The van der Waals surface area contributed by atoms with Crippen LogP contribution >= 0.6 is 0 Å². The molecule has 168 valence electrons. The van der Waals surface area contributed by atoms with Gasteiger partial charge in [-0.1, -0.05) is 30.3 Å². The summed E-state index contributed by atoms with van der Waals surface area (Å²) in [5.74, 6) is 1.84. The number of carbonyl (C=O) groups excluding carboxylic acids is 1. The molecule has 2 aromatic carbocycles. The van der Waals surface area contributed by atoms with Crippen LogP contribution in [0.1, 0.15) is 28.8 Å². The largest absolute Gasteiger partial charge is 0.297 e. The van der Waals surface area contributed by atoms with E-state index in [1.54, 1.807) is 59.5 Å². The average Bonchev–Trinajstić information content (AvgIpc) is 3.10. The fourth-order valence-corrected chi connectivity index (χ4v) is 5.04. The first-order valence-corrected chi connectivity index (χ1v) is 11.6. The van der Waals surface area contributed by atoms with E-state index >= 15 is 0 Å². The van der Waals surface area contributed by atoms with Crippen LogP contribution in [0.5, 0.6) is 0 Å². The predicted octanol–water partition coefficient (Wildman–Crippen LogP) is 2.36. The highest BCUT2D eigenvalue weighted by atomic mass is 32.2. The van der Waals surface area contributed by atoms with E-state index in [0.717, 1.165) is 0 Å². The number of nitrogen functional groups attached to an aromatic ring is 1. The van der Waals surface area contributed by atoms with Crippen LogP contribution in [0.3, 0.4) is 0 Å². The number of sulfonamides is 1. The third-order valence-electron chi connectivity index (χ3n) is 5.18. The number of hydrogen-bond acceptors (Lipinski definition) is 5. The van der Waals surface area contributed by atoms with E-state index in [0.29, 0.717) is 23.4 Å². The van der Waals surface area contributed by atoms with E-state index in [2.05, 4.69) is 0 Å². The quantitative estimate of drug-likeness (QED) is 0.346. The lowest BCUT2D eigenvalue weighted by Crippen LogP contribution is -2.34. The minimum atomic E-state index is -3.71. The lowest BCUT2D eigenvalue weighted by atomic mass is 10.1. The van der Waals surface area contributed by atoms with Gasteiger partial charge in [0.2, 0.25) is 10.0 Å². The van der Waals surface area contributed by atoms with Gasteiger partial charge in [-0.3, -0.25) is 19.4 Å². The molecule has 3 N–H and O–H groups in total. The highest BCUT2D eigenvalue weighted by Crippen LogP contribution is 2.27. The number of carbonyl (C=O) groups is 1. The van der Waals surface area contributed by atoms with Crippen LogP contribution in [0.15, 0.2) is 54.6 Å². The van der Waals surface area contributed by atoms with E-state index in [1.807, 2.05) is 5.43 Å². The Morgan fingerprint density at radius 2 is 1.81 bits per heavy atom. The number of hydrogen-bond donors (Lipinski definition) is 2. The highest BCUT2D eigenvalue weighted by Gasteiger charge is 2.37. The Kier molecular flexibility index (Phi) is 7.24. The van der Waals surface area contributed by atoms with Crippen molar-refractivity contribution in [3.63, 3.8) is 0 Å². The minimum absolute atomic E-state index is 0.0820. The number of nitrogens with one attached hydrogen (secondary N) is 1. The molecule has 3 rings (SSSR count). The SMILES string of the molecule is NNC(=O)c1ccc(CN(c2ccccc2)S(=O)(=O)CCCN2CCC(F)(F)C2)cc1. The van der Waals surface area contributed by atoms with Crippen molar-refractivity contribution < 1.29 is 22.0 Å². The third kappa shape index (κ3) is 6.22. The third-order valence-corrected chi connectivity index (χ3v) is 6.99. The molecule has 1 heterocycles. The van der Waals surface area contributed by atoms with Crippen molar-refractivity contribution >= 4 is 21.6 Å². The molecule has 10 heteroatoms. The molecule has 0 spiro atoms. The fraction of sp³-hybridized carbons (Fsp3) is 0.381. The van der Waals surface area contributed by atoms with Crippen molar-refractivity contribution in [3.8, 4) is 0 Å². The highest BCUT2D eigenvalue weighted by molar-refractivity contribution is 7.92. The Balaban J connectivity index is 1.71. The lowest BCUT2D eigenvalue weighted by Gasteiger charge is -2.25. The van der Waals surface area contributed by atoms with Gasteiger partial charge in [-0.2, -0.15) is 0 Å². The maximum atomic E-state index is 13.3. The van der Waals surface area contributed by atoms with Gasteiger partial charge in [0.05, 0.1) is 24.5 Å². The molecular weight excluding hydrogens is 426 g/mol. The molecule has 1 fully saturated rings. The molecular formula is C21H26F2N4O3S. The van der Waals surface area contributed by atoms with Gasteiger partial charge in [-0.15, -0.1) is 0 Å². The van der Waals surface area contributed by atoms with Crippen molar-refractivity contribution in [2.45, 2.75) is 25.3 Å². The van der Waals surface area contributed by atoms with Crippen molar-refractivity contribution in [1.29, 1.82) is 0 Å². The van der Waals surface area contributed by atoms with Crippen molar-refractivity contribution in [2.24, 2.45) is 5.84 Å². The van der Waals surface area contributed by atoms with Crippen molar-refractivity contribution in [1.82, 2.24) is 10.3 Å². The van der Waals surface area contributed by atoms with Gasteiger partial charge in [0, 0.05) is 18.5 Å². The van der Waals surface area contributed by atoms with Gasteiger partial charge in [0.25, 0.3) is 11.8 Å². The van der Waals surface area contributed by atoms with Gasteiger partial charge in [-0.25, -0.2) is 23.0 Å². The van der Waals surface area contributed by atoms with Gasteiger partial charge >= 0.3 is 0 Å². The van der Waals surface area contributed by atoms with Crippen LogP contribution in [-0.4, -0.2) is 50.5 Å². The average molecular weight is 453 g/mol. The van der Waals surface area contributed by atoms with Crippen LogP contribution in [0.4, 0.5) is 14.5 Å². The number of anilines is 1. The van der Waals surface area contributed by atoms with E-state index < -0.39 is 21.9 Å². The summed E-state index contributed by atoms with van der Waals surface area (Å²) in [6.45, 7) is 0.343. The molecule has 1 aliphatic rings. The van der Waals surface area contributed by atoms with Crippen LogP contribution in [0, 0.1) is 0 Å². The number of hydrazine groups is 1. The summed E-state index contributed by atoms with van der Waals surface area (Å²) in [5, 5.41) is 0. The summed E-state index contributed by atoms with van der Waals surface area (Å²) in [4.78, 5) is 13.2. The molecule has 7 nitrogen and oxygen atoms in total. The van der Waals surface area contributed by atoms with Crippen LogP contribution in [-0.2, 0) is 16.6 Å². The molecule has 0 aliphatic carbocycles. The second-order valence-electron chi connectivity index (χ2n) is 7.56. The van der Waals surface area contributed by atoms with Crippen LogP contribution in [0.25, 0.3) is 0 Å². The number of benzene rings is 2. The van der Waals surface area contributed by atoms with E-state index in [9.17, 15) is 22.0 Å². The summed E-state index contributed by atoms with van der Waals surface area (Å²) in [6, 6.07) is 15.2. The summed E-state index contributed by atoms with van der Waals surface area (Å²) in [5.41, 5.74) is 3.62. The first-order chi connectivity index (χ1) is 14.7. The molecule has 1 aliphatic heterocycles. The topological polar surface area (TPSA) is 95.7 Å². The summed E-state index contributed by atoms with van der Waals surface area (Å²) in [6.07, 6.45) is 0.0748. The summed E-state index contributed by atoms with van der Waals surface area (Å²) >= 11 is 0. The molecule has 0 aromatic heterocycles. The first-order valence-electron chi connectivity index (χ1n) is 9.96. The van der Waals surface area contributed by atoms with Gasteiger partial charge in [0.1, 0.15) is 0 Å². The molecule has 0 bridgehead atoms. The number of halogens is 2. The molecule has 0 atom stereocenters. The van der Waals surface area contributed by atoms with Gasteiger partial charge < -0.3 is 0 Å². The normalized spacial score (nSPS) is 16.2. The number of likely N-dealkylation sites (tertiary alicyclic amines) is 1. The molecule has 31 heavy (non-hydrogen) atoms. The van der Waals surface area contributed by atoms with E-state index in [-0.39, 0.29) is 38.2 Å². The Labute approximate surface area is 180 Å². The van der Waals surface area contributed by atoms with Gasteiger partial charge in [0.15, 0.2) is 0 Å². The molecule has 1 amide bonds. The Morgan fingerprint density at radius 3 is 2.39 bits per heavy atom. The molecule has 1 saturated heterocycles.